The third kappa shape index (κ3) is 3.22. The molecule has 4 heteroatoms. The molecule has 0 aliphatic rings. The Bertz CT molecular complexity index is 418. The van der Waals surface area contributed by atoms with Crippen LogP contribution < -0.4 is 0 Å². The molecule has 0 bridgehead atoms. The summed E-state index contributed by atoms with van der Waals surface area (Å²) in [5, 5.41) is 9.01. The van der Waals surface area contributed by atoms with Crippen LogP contribution in [-0.2, 0) is 4.79 Å². The Labute approximate surface area is 92.0 Å². The predicted octanol–water partition coefficient (Wildman–Crippen LogP) is 2.55. The van der Waals surface area contributed by atoms with E-state index < -0.39 is 5.97 Å². The summed E-state index contributed by atoms with van der Waals surface area (Å²) < 4.78 is 0. The van der Waals surface area contributed by atoms with Crippen LogP contribution in [0.3, 0.4) is 0 Å². The van der Waals surface area contributed by atoms with Gasteiger partial charge >= 0.3 is 5.97 Å². The molecule has 15 heavy (non-hydrogen) atoms. The molecular weight excluding hydrogens is 216 g/mol. The predicted molar refractivity (Wildman–Crippen MR) is 57.2 cm³/mol. The van der Waals surface area contributed by atoms with Crippen molar-refractivity contribution in [2.45, 2.75) is 6.92 Å². The molecule has 0 heterocycles. The van der Waals surface area contributed by atoms with E-state index in [0.29, 0.717) is 10.6 Å². The van der Waals surface area contributed by atoms with Crippen molar-refractivity contribution in [2.75, 3.05) is 0 Å². The molecule has 3 nitrogen and oxygen atoms in total. The minimum atomic E-state index is -1.13. The number of halogens is 1. The van der Waals surface area contributed by atoms with Gasteiger partial charge in [0.25, 0.3) is 0 Å². The first-order valence-electron chi connectivity index (χ1n) is 4.22. The number of hydrogen-bond acceptors (Lipinski definition) is 2. The van der Waals surface area contributed by atoms with E-state index in [-0.39, 0.29) is 11.4 Å². The zero-order chi connectivity index (χ0) is 11.4. The van der Waals surface area contributed by atoms with Crippen molar-refractivity contribution in [1.29, 1.82) is 0 Å². The number of ketones is 1. The van der Waals surface area contributed by atoms with Gasteiger partial charge in [0, 0.05) is 22.2 Å². The highest BCUT2D eigenvalue weighted by Gasteiger charge is 2.08. The number of hydrogen-bond donors (Lipinski definition) is 1. The van der Waals surface area contributed by atoms with Crippen molar-refractivity contribution in [3.8, 4) is 0 Å². The largest absolute Gasteiger partial charge is 0.478 e. The molecule has 1 aromatic rings. The van der Waals surface area contributed by atoms with Crippen molar-refractivity contribution >= 4 is 23.4 Å². The second kappa shape index (κ2) is 4.75. The Morgan fingerprint density at radius 1 is 1.27 bits per heavy atom. The lowest BCUT2D eigenvalue weighted by Gasteiger charge is -1.99. The SMILES string of the molecule is CC(=CC(=O)O)C(=O)c1ccc(Cl)cc1. The van der Waals surface area contributed by atoms with E-state index in [2.05, 4.69) is 0 Å². The summed E-state index contributed by atoms with van der Waals surface area (Å²) in [6.45, 7) is 1.46. The Hall–Kier alpha value is -1.61. The Kier molecular flexibility index (Phi) is 3.63. The Morgan fingerprint density at radius 2 is 1.80 bits per heavy atom. The zero-order valence-electron chi connectivity index (χ0n) is 8.03. The second-order valence-corrected chi connectivity index (χ2v) is 3.44. The molecule has 0 atom stereocenters. The molecule has 0 saturated heterocycles. The average molecular weight is 225 g/mol. The van der Waals surface area contributed by atoms with Crippen LogP contribution in [-0.4, -0.2) is 16.9 Å². The van der Waals surface area contributed by atoms with Crippen LogP contribution in [0.1, 0.15) is 17.3 Å². The monoisotopic (exact) mass is 224 g/mol. The van der Waals surface area contributed by atoms with Crippen LogP contribution in [0.2, 0.25) is 5.02 Å². The van der Waals surface area contributed by atoms with Gasteiger partial charge in [0.05, 0.1) is 0 Å². The summed E-state index contributed by atoms with van der Waals surface area (Å²) in [5.41, 5.74) is 0.610. The first kappa shape index (κ1) is 11.5. The highest BCUT2D eigenvalue weighted by molar-refractivity contribution is 6.30. The van der Waals surface area contributed by atoms with Gasteiger partial charge in [-0.3, -0.25) is 4.79 Å². The van der Waals surface area contributed by atoms with E-state index in [1.807, 2.05) is 0 Å². The molecule has 0 fully saturated rings. The molecule has 78 valence electrons. The maximum absolute atomic E-state index is 11.6. The molecule has 0 aliphatic carbocycles. The summed E-state index contributed by atoms with van der Waals surface area (Å²) in [4.78, 5) is 22.0. The summed E-state index contributed by atoms with van der Waals surface area (Å²) in [7, 11) is 0. The van der Waals surface area contributed by atoms with Gasteiger partial charge in [0.2, 0.25) is 0 Å². The molecule has 0 spiro atoms. The van der Waals surface area contributed by atoms with Crippen molar-refractivity contribution in [2.24, 2.45) is 0 Å². The molecule has 0 radical (unpaired) electrons. The molecule has 1 rings (SSSR count). The van der Waals surface area contributed by atoms with E-state index >= 15 is 0 Å². The summed E-state index contributed by atoms with van der Waals surface area (Å²) in [6, 6.07) is 6.29. The van der Waals surface area contributed by atoms with Crippen LogP contribution >= 0.6 is 11.6 Å². The van der Waals surface area contributed by atoms with Crippen molar-refractivity contribution in [1.82, 2.24) is 0 Å². The fourth-order valence-electron chi connectivity index (χ4n) is 1.08. The fourth-order valence-corrected chi connectivity index (χ4v) is 1.21. The van der Waals surface area contributed by atoms with Gasteiger partial charge in [-0.1, -0.05) is 11.6 Å². The number of aliphatic carboxylic acids is 1. The van der Waals surface area contributed by atoms with Gasteiger partial charge in [-0.25, -0.2) is 4.79 Å². The lowest BCUT2D eigenvalue weighted by molar-refractivity contribution is -0.131. The first-order chi connectivity index (χ1) is 7.00. The fraction of sp³-hybridized carbons (Fsp3) is 0.0909. The van der Waals surface area contributed by atoms with E-state index in [0.717, 1.165) is 6.08 Å². The maximum Gasteiger partial charge on any atom is 0.328 e. The molecule has 0 saturated carbocycles. The quantitative estimate of drug-likeness (QED) is 0.634. The van der Waals surface area contributed by atoms with Crippen LogP contribution in [0, 0.1) is 0 Å². The third-order valence-corrected chi connectivity index (χ3v) is 2.06. The van der Waals surface area contributed by atoms with E-state index in [9.17, 15) is 9.59 Å². The van der Waals surface area contributed by atoms with E-state index in [4.69, 9.17) is 16.7 Å². The number of carboxylic acids is 1. The minimum absolute atomic E-state index is 0.185. The lowest BCUT2D eigenvalue weighted by atomic mass is 10.0. The number of benzene rings is 1. The van der Waals surface area contributed by atoms with Gasteiger partial charge in [-0.15, -0.1) is 0 Å². The molecule has 0 aliphatic heterocycles. The molecule has 0 unspecified atom stereocenters. The Balaban J connectivity index is 2.95. The summed E-state index contributed by atoms with van der Waals surface area (Å²) in [5.74, 6) is -1.44. The second-order valence-electron chi connectivity index (χ2n) is 3.00. The van der Waals surface area contributed by atoms with Crippen LogP contribution in [0.5, 0.6) is 0 Å². The number of carbonyl (C=O) groups excluding carboxylic acids is 1. The molecular formula is C11H9ClO3. The van der Waals surface area contributed by atoms with Crippen molar-refractivity contribution < 1.29 is 14.7 Å². The Morgan fingerprint density at radius 3 is 2.27 bits per heavy atom. The normalized spacial score (nSPS) is 11.2. The molecule has 1 N–H and O–H groups in total. The van der Waals surface area contributed by atoms with Crippen molar-refractivity contribution in [3.63, 3.8) is 0 Å². The molecule has 0 aromatic heterocycles. The van der Waals surface area contributed by atoms with Crippen molar-refractivity contribution in [3.05, 3.63) is 46.5 Å². The highest BCUT2D eigenvalue weighted by Crippen LogP contribution is 2.12. The molecule has 0 amide bonds. The summed E-state index contributed by atoms with van der Waals surface area (Å²) in [6.07, 6.45) is 0.886. The lowest BCUT2D eigenvalue weighted by Crippen LogP contribution is -2.02. The van der Waals surface area contributed by atoms with Crippen LogP contribution in [0.25, 0.3) is 0 Å². The van der Waals surface area contributed by atoms with E-state index in [1.54, 1.807) is 24.3 Å². The number of carboxylic acid groups (broad SMARTS) is 1. The minimum Gasteiger partial charge on any atom is -0.478 e. The van der Waals surface area contributed by atoms with Crippen LogP contribution in [0.4, 0.5) is 0 Å². The number of rotatable bonds is 3. The standard InChI is InChI=1S/C11H9ClO3/c1-7(6-10(13)14)11(15)8-2-4-9(12)5-3-8/h2-6H,1H3,(H,13,14). The van der Waals surface area contributed by atoms with Gasteiger partial charge in [0.15, 0.2) is 5.78 Å². The molecule has 1 aromatic carbocycles. The zero-order valence-corrected chi connectivity index (χ0v) is 8.78. The van der Waals surface area contributed by atoms with Gasteiger partial charge in [0.1, 0.15) is 0 Å². The maximum atomic E-state index is 11.6. The van der Waals surface area contributed by atoms with Gasteiger partial charge in [-0.05, 0) is 31.2 Å². The van der Waals surface area contributed by atoms with Crippen LogP contribution in [0.15, 0.2) is 35.9 Å². The highest BCUT2D eigenvalue weighted by atomic mass is 35.5. The topological polar surface area (TPSA) is 54.4 Å². The first-order valence-corrected chi connectivity index (χ1v) is 4.60. The average Bonchev–Trinajstić information content (AvgIpc) is 2.17. The number of allylic oxidation sites excluding steroid dienone is 1. The van der Waals surface area contributed by atoms with Gasteiger partial charge in [-0.2, -0.15) is 0 Å². The number of carbonyl (C=O) groups is 2. The smallest absolute Gasteiger partial charge is 0.328 e. The van der Waals surface area contributed by atoms with E-state index in [1.165, 1.54) is 6.92 Å². The third-order valence-electron chi connectivity index (χ3n) is 1.80. The summed E-state index contributed by atoms with van der Waals surface area (Å²) >= 11 is 5.66. The number of Topliss-reactive ketones (excluding diaryl/α,β-unsaturated/α-hetero) is 1. The van der Waals surface area contributed by atoms with Gasteiger partial charge < -0.3 is 5.11 Å².